The predicted molar refractivity (Wildman–Crippen MR) is 102 cm³/mol. The summed E-state index contributed by atoms with van der Waals surface area (Å²) in [5.41, 5.74) is 1.16. The zero-order chi connectivity index (χ0) is 18.7. The van der Waals surface area contributed by atoms with E-state index in [2.05, 4.69) is 17.4 Å². The van der Waals surface area contributed by atoms with Crippen LogP contribution in [-0.4, -0.2) is 43.8 Å². The van der Waals surface area contributed by atoms with Gasteiger partial charge in [-0.1, -0.05) is 18.2 Å². The zero-order valence-electron chi connectivity index (χ0n) is 15.4. The van der Waals surface area contributed by atoms with Gasteiger partial charge in [0.05, 0.1) is 18.3 Å². The topological polar surface area (TPSA) is 54.0 Å². The highest BCUT2D eigenvalue weighted by atomic mass is 32.1. The molecule has 2 rings (SSSR count). The molecular weight excluding hydrogens is 339 g/mol. The van der Waals surface area contributed by atoms with E-state index in [0.717, 1.165) is 11.0 Å². The molecule has 0 amide bonds. The van der Waals surface area contributed by atoms with Gasteiger partial charge in [0.1, 0.15) is 5.75 Å². The van der Waals surface area contributed by atoms with E-state index < -0.39 is 13.1 Å². The van der Waals surface area contributed by atoms with Crippen molar-refractivity contribution in [1.29, 1.82) is 0 Å². The Morgan fingerprint density at radius 1 is 1.16 bits per heavy atom. The summed E-state index contributed by atoms with van der Waals surface area (Å²) >= 11 is 4.42. The summed E-state index contributed by atoms with van der Waals surface area (Å²) in [5, 5.41) is 0. The van der Waals surface area contributed by atoms with E-state index in [9.17, 15) is 4.79 Å². The van der Waals surface area contributed by atoms with Crippen LogP contribution in [0.5, 0.6) is 5.75 Å². The van der Waals surface area contributed by atoms with E-state index in [1.807, 2.05) is 45.9 Å². The highest BCUT2D eigenvalue weighted by Gasteiger charge is 2.52. The average Bonchev–Trinajstić information content (AvgIpc) is 2.79. The number of ether oxygens (including phenoxy) is 2. The van der Waals surface area contributed by atoms with Crippen LogP contribution in [0.15, 0.2) is 29.7 Å². The first-order chi connectivity index (χ1) is 11.7. The molecule has 0 unspecified atom stereocenters. The third-order valence-corrected chi connectivity index (χ3v) is 4.92. The number of methoxy groups -OCH3 is 1. The molecule has 0 spiro atoms. The average molecular weight is 364 g/mol. The number of rotatable bonds is 6. The lowest BCUT2D eigenvalue weighted by Gasteiger charge is -2.32. The fraction of sp³-hybridized carbons (Fsp3) is 0.500. The second-order valence-electron chi connectivity index (χ2n) is 6.90. The number of benzene rings is 1. The Labute approximate surface area is 155 Å². The molecule has 1 aromatic rings. The molecule has 136 valence electrons. The molecule has 0 atom stereocenters. The molecular formula is C18H25BO5S. The van der Waals surface area contributed by atoms with Gasteiger partial charge in [-0.2, -0.15) is 12.6 Å². The van der Waals surface area contributed by atoms with E-state index in [4.69, 9.17) is 14.0 Å². The maximum atomic E-state index is 11.1. The number of thiol groups is 1. The molecule has 1 aliphatic rings. The maximum Gasteiger partial charge on any atom is 0.491 e. The smallest absolute Gasteiger partial charge is 0.482 e. The monoisotopic (exact) mass is 364 g/mol. The van der Waals surface area contributed by atoms with Crippen LogP contribution in [0.2, 0.25) is 0 Å². The molecule has 1 aromatic carbocycles. The number of carbonyl (C=O) groups is 1. The summed E-state index contributed by atoms with van der Waals surface area (Å²) in [6.07, 6.45) is 2.00. The van der Waals surface area contributed by atoms with Crippen molar-refractivity contribution in [2.45, 2.75) is 38.9 Å². The first-order valence-corrected chi connectivity index (χ1v) is 8.78. The molecule has 1 aliphatic heterocycles. The number of carbonyl (C=O) groups excluding carboxylic acids is 1. The van der Waals surface area contributed by atoms with Gasteiger partial charge in [0.25, 0.3) is 0 Å². The molecule has 0 bridgehead atoms. The fourth-order valence-corrected chi connectivity index (χ4v) is 2.50. The van der Waals surface area contributed by atoms with Crippen molar-refractivity contribution in [1.82, 2.24) is 0 Å². The van der Waals surface area contributed by atoms with Gasteiger partial charge in [-0.3, -0.25) is 0 Å². The third-order valence-electron chi connectivity index (χ3n) is 4.56. The number of hydrogen-bond acceptors (Lipinski definition) is 6. The van der Waals surface area contributed by atoms with Gasteiger partial charge in [-0.05, 0) is 50.9 Å². The largest absolute Gasteiger partial charge is 0.491 e. The minimum atomic E-state index is -0.419. The fourth-order valence-electron chi connectivity index (χ4n) is 2.26. The third kappa shape index (κ3) is 4.81. The second-order valence-corrected chi connectivity index (χ2v) is 7.22. The lowest BCUT2D eigenvalue weighted by Crippen LogP contribution is -2.41. The summed E-state index contributed by atoms with van der Waals surface area (Å²) < 4.78 is 22.0. The Morgan fingerprint density at radius 3 is 2.20 bits per heavy atom. The molecule has 0 saturated carbocycles. The van der Waals surface area contributed by atoms with Crippen molar-refractivity contribution >= 4 is 31.8 Å². The van der Waals surface area contributed by atoms with Gasteiger partial charge < -0.3 is 18.8 Å². The first kappa shape index (κ1) is 19.9. The summed E-state index contributed by atoms with van der Waals surface area (Å²) in [5.74, 6) is 0.713. The van der Waals surface area contributed by atoms with E-state index >= 15 is 0 Å². The van der Waals surface area contributed by atoms with Crippen LogP contribution < -0.4 is 4.74 Å². The molecule has 25 heavy (non-hydrogen) atoms. The Hall–Kier alpha value is -1.44. The molecule has 0 N–H and O–H groups in total. The van der Waals surface area contributed by atoms with Gasteiger partial charge in [-0.15, -0.1) is 0 Å². The van der Waals surface area contributed by atoms with Gasteiger partial charge in [-0.25, -0.2) is 4.79 Å². The highest BCUT2D eigenvalue weighted by molar-refractivity contribution is 7.80. The highest BCUT2D eigenvalue weighted by Crippen LogP contribution is 2.39. The second kappa shape index (κ2) is 7.85. The maximum absolute atomic E-state index is 11.1. The minimum Gasteiger partial charge on any atom is -0.482 e. The molecule has 5 nitrogen and oxygen atoms in total. The van der Waals surface area contributed by atoms with Crippen LogP contribution in [0, 0.1) is 0 Å². The Kier molecular flexibility index (Phi) is 6.24. The van der Waals surface area contributed by atoms with Crippen molar-refractivity contribution in [2.75, 3.05) is 19.5 Å². The lowest BCUT2D eigenvalue weighted by atomic mass is 9.78. The Bertz CT molecular complexity index is 623. The molecule has 0 aliphatic carbocycles. The van der Waals surface area contributed by atoms with Crippen LogP contribution in [0.3, 0.4) is 0 Å². The minimum absolute atomic E-state index is 0.110. The quantitative estimate of drug-likeness (QED) is 0.477. The van der Waals surface area contributed by atoms with E-state index in [1.54, 1.807) is 12.1 Å². The van der Waals surface area contributed by atoms with Crippen LogP contribution in [-0.2, 0) is 18.8 Å². The van der Waals surface area contributed by atoms with Crippen molar-refractivity contribution in [3.05, 3.63) is 35.3 Å². The van der Waals surface area contributed by atoms with Crippen LogP contribution in [0.4, 0.5) is 0 Å². The van der Waals surface area contributed by atoms with Crippen LogP contribution in [0.25, 0.3) is 6.08 Å². The van der Waals surface area contributed by atoms with Gasteiger partial charge in [0, 0.05) is 5.75 Å². The van der Waals surface area contributed by atoms with Crippen molar-refractivity contribution in [3.63, 3.8) is 0 Å². The standard InChI is InChI=1S/C18H25BO5S/c1-17(2)18(3,4)24-19(23-17)14(12-25)10-13-6-8-15(9-7-13)22-11-16(20)21-5/h6-10,25H,11-12H2,1-5H3. The first-order valence-electron chi connectivity index (χ1n) is 8.15. The van der Waals surface area contributed by atoms with Gasteiger partial charge in [0.2, 0.25) is 0 Å². The predicted octanol–water partition coefficient (Wildman–Crippen LogP) is 3.18. The van der Waals surface area contributed by atoms with Gasteiger partial charge in [0.15, 0.2) is 6.61 Å². The molecule has 7 heteroatoms. The van der Waals surface area contributed by atoms with E-state index in [-0.39, 0.29) is 17.8 Å². The lowest BCUT2D eigenvalue weighted by molar-refractivity contribution is -0.142. The van der Waals surface area contributed by atoms with Crippen molar-refractivity contribution in [3.8, 4) is 5.75 Å². The number of esters is 1. The van der Waals surface area contributed by atoms with Crippen molar-refractivity contribution in [2.24, 2.45) is 0 Å². The Morgan fingerprint density at radius 2 is 1.72 bits per heavy atom. The summed E-state index contributed by atoms with van der Waals surface area (Å²) in [4.78, 5) is 11.1. The zero-order valence-corrected chi connectivity index (χ0v) is 16.3. The molecule has 1 fully saturated rings. The van der Waals surface area contributed by atoms with E-state index in [1.165, 1.54) is 7.11 Å². The molecule has 1 heterocycles. The van der Waals surface area contributed by atoms with Gasteiger partial charge >= 0.3 is 13.1 Å². The van der Waals surface area contributed by atoms with Crippen LogP contribution >= 0.6 is 12.6 Å². The molecule has 0 aromatic heterocycles. The summed E-state index contributed by atoms with van der Waals surface area (Å²) in [6, 6.07) is 7.41. The Balaban J connectivity index is 2.08. The molecule has 0 radical (unpaired) electrons. The summed E-state index contributed by atoms with van der Waals surface area (Å²) in [6.45, 7) is 7.99. The molecule has 1 saturated heterocycles. The van der Waals surface area contributed by atoms with E-state index in [0.29, 0.717) is 11.5 Å². The van der Waals surface area contributed by atoms with Crippen LogP contribution in [0.1, 0.15) is 33.3 Å². The van der Waals surface area contributed by atoms with Crippen molar-refractivity contribution < 1.29 is 23.6 Å². The normalized spacial score (nSPS) is 19.0. The summed E-state index contributed by atoms with van der Waals surface area (Å²) in [7, 11) is 0.909. The SMILES string of the molecule is COC(=O)COc1ccc(C=C(CS)B2OC(C)(C)C(C)(C)O2)cc1. The number of hydrogen-bond donors (Lipinski definition) is 1.